The zero-order valence-electron chi connectivity index (χ0n) is 20.6. The van der Waals surface area contributed by atoms with E-state index in [0.717, 1.165) is 48.8 Å². The van der Waals surface area contributed by atoms with Crippen LogP contribution in [0.4, 0.5) is 5.69 Å². The molecule has 1 aromatic heterocycles. The lowest BCUT2D eigenvalue weighted by Crippen LogP contribution is -2.60. The first kappa shape index (κ1) is 22.5. The topological polar surface area (TPSA) is 40.7 Å². The Hall–Kier alpha value is -2.66. The number of hydrogen-bond acceptors (Lipinski definition) is 4. The van der Waals surface area contributed by atoms with Gasteiger partial charge in [-0.25, -0.2) is 0 Å². The molecule has 32 heavy (non-hydrogen) atoms. The number of methoxy groups -OCH3 is 2. The van der Waals surface area contributed by atoms with Crippen LogP contribution in [0.25, 0.3) is 22.2 Å². The van der Waals surface area contributed by atoms with E-state index < -0.39 is 0 Å². The molecule has 2 heterocycles. The van der Waals surface area contributed by atoms with Gasteiger partial charge in [-0.1, -0.05) is 6.92 Å². The van der Waals surface area contributed by atoms with Crippen LogP contribution in [-0.2, 0) is 6.42 Å². The third-order valence-corrected chi connectivity index (χ3v) is 6.89. The second-order valence-corrected chi connectivity index (χ2v) is 9.66. The molecule has 0 aliphatic carbocycles. The maximum Gasteiger partial charge on any atom is 0.161 e. The minimum atomic E-state index is 0.0884. The summed E-state index contributed by atoms with van der Waals surface area (Å²) in [6.45, 7) is 14.8. The number of rotatable bonds is 6. The molecule has 3 aromatic rings. The number of ether oxygens (including phenoxy) is 2. The van der Waals surface area contributed by atoms with E-state index in [2.05, 4.69) is 79.7 Å². The summed E-state index contributed by atoms with van der Waals surface area (Å²) in [6, 6.07) is 13.6. The fourth-order valence-corrected chi connectivity index (χ4v) is 5.12. The smallest absolute Gasteiger partial charge is 0.161 e. The van der Waals surface area contributed by atoms with Crippen molar-refractivity contribution in [2.24, 2.45) is 0 Å². The standard InChI is InChI=1S/C27H37N3O2/c1-8-21-22-16-20(30-14-13-29(18(2)3)17-27(30,4)5)10-11-23(22)28-26(21)19-9-12-24(31-6)25(15-19)32-7/h9-12,15-16,18,28H,8,13-14,17H2,1-7H3. The molecule has 5 heteroatoms. The van der Waals surface area contributed by atoms with E-state index >= 15 is 0 Å². The summed E-state index contributed by atoms with van der Waals surface area (Å²) >= 11 is 0. The summed E-state index contributed by atoms with van der Waals surface area (Å²) in [5.41, 5.74) is 6.18. The first-order valence-corrected chi connectivity index (χ1v) is 11.7. The monoisotopic (exact) mass is 435 g/mol. The molecule has 172 valence electrons. The number of nitrogens with one attached hydrogen (secondary N) is 1. The van der Waals surface area contributed by atoms with Crippen molar-refractivity contribution >= 4 is 16.6 Å². The molecule has 1 fully saturated rings. The molecule has 1 saturated heterocycles. The van der Waals surface area contributed by atoms with Crippen molar-refractivity contribution in [2.75, 3.05) is 38.8 Å². The Morgan fingerprint density at radius 2 is 1.75 bits per heavy atom. The van der Waals surface area contributed by atoms with Gasteiger partial charge in [-0.3, -0.25) is 4.90 Å². The van der Waals surface area contributed by atoms with Crippen molar-refractivity contribution in [1.82, 2.24) is 9.88 Å². The second kappa shape index (κ2) is 8.70. The van der Waals surface area contributed by atoms with Crippen LogP contribution in [0.5, 0.6) is 11.5 Å². The van der Waals surface area contributed by atoms with Crippen LogP contribution >= 0.6 is 0 Å². The molecule has 5 nitrogen and oxygen atoms in total. The van der Waals surface area contributed by atoms with E-state index in [1.165, 1.54) is 22.2 Å². The van der Waals surface area contributed by atoms with Gasteiger partial charge in [-0.05, 0) is 76.1 Å². The maximum atomic E-state index is 5.54. The largest absolute Gasteiger partial charge is 0.493 e. The Kier molecular flexibility index (Phi) is 6.13. The number of nitrogens with zero attached hydrogens (tertiary/aromatic N) is 2. The highest BCUT2D eigenvalue weighted by molar-refractivity contribution is 5.93. The van der Waals surface area contributed by atoms with E-state index in [-0.39, 0.29) is 5.54 Å². The number of aromatic amines is 1. The van der Waals surface area contributed by atoms with E-state index in [0.29, 0.717) is 6.04 Å². The fraction of sp³-hybridized carbons (Fsp3) is 0.481. The lowest BCUT2D eigenvalue weighted by Gasteiger charge is -2.49. The summed E-state index contributed by atoms with van der Waals surface area (Å²) in [5, 5.41) is 1.30. The van der Waals surface area contributed by atoms with Gasteiger partial charge in [0.1, 0.15) is 0 Å². The summed E-state index contributed by atoms with van der Waals surface area (Å²) < 4.78 is 11.0. The molecule has 1 aliphatic rings. The van der Waals surface area contributed by atoms with Crippen molar-refractivity contribution in [1.29, 1.82) is 0 Å². The van der Waals surface area contributed by atoms with Crippen LogP contribution in [0.15, 0.2) is 36.4 Å². The Morgan fingerprint density at radius 1 is 1.00 bits per heavy atom. The maximum absolute atomic E-state index is 5.54. The van der Waals surface area contributed by atoms with E-state index in [9.17, 15) is 0 Å². The number of anilines is 1. The second-order valence-electron chi connectivity index (χ2n) is 9.66. The molecule has 0 amide bonds. The van der Waals surface area contributed by atoms with Gasteiger partial charge in [0.2, 0.25) is 0 Å². The SMILES string of the molecule is CCc1c(-c2ccc(OC)c(OC)c2)[nH]c2ccc(N3CCN(C(C)C)CC3(C)C)cc12. The zero-order chi connectivity index (χ0) is 23.0. The predicted molar refractivity (Wildman–Crippen MR) is 134 cm³/mol. The minimum absolute atomic E-state index is 0.0884. The lowest BCUT2D eigenvalue weighted by molar-refractivity contribution is 0.148. The zero-order valence-corrected chi connectivity index (χ0v) is 20.6. The average Bonchev–Trinajstić information content (AvgIpc) is 3.15. The summed E-state index contributed by atoms with van der Waals surface area (Å²) in [7, 11) is 3.35. The van der Waals surface area contributed by atoms with Crippen LogP contribution in [0, 0.1) is 0 Å². The van der Waals surface area contributed by atoms with E-state index in [4.69, 9.17) is 9.47 Å². The molecular formula is C27H37N3O2. The fourth-order valence-electron chi connectivity index (χ4n) is 5.12. The van der Waals surface area contributed by atoms with Gasteiger partial charge < -0.3 is 19.4 Å². The molecule has 0 saturated carbocycles. The third kappa shape index (κ3) is 3.95. The molecule has 2 aromatic carbocycles. The molecule has 4 rings (SSSR count). The summed E-state index contributed by atoms with van der Waals surface area (Å²) in [4.78, 5) is 8.83. The molecule has 0 radical (unpaired) electrons. The lowest BCUT2D eigenvalue weighted by atomic mass is 9.96. The molecular weight excluding hydrogens is 398 g/mol. The average molecular weight is 436 g/mol. The molecule has 0 unspecified atom stereocenters. The van der Waals surface area contributed by atoms with Crippen LogP contribution < -0.4 is 14.4 Å². The quantitative estimate of drug-likeness (QED) is 0.537. The van der Waals surface area contributed by atoms with Crippen molar-refractivity contribution < 1.29 is 9.47 Å². The normalized spacial score (nSPS) is 16.7. The Bertz CT molecular complexity index is 1100. The number of H-pyrrole nitrogens is 1. The molecule has 0 atom stereocenters. The summed E-state index contributed by atoms with van der Waals surface area (Å²) in [6.07, 6.45) is 0.956. The van der Waals surface area contributed by atoms with E-state index in [1.54, 1.807) is 14.2 Å². The van der Waals surface area contributed by atoms with Crippen molar-refractivity contribution in [3.05, 3.63) is 42.0 Å². The number of fused-ring (bicyclic) bond motifs is 1. The predicted octanol–water partition coefficient (Wildman–Crippen LogP) is 5.72. The first-order chi connectivity index (χ1) is 15.3. The van der Waals surface area contributed by atoms with Crippen LogP contribution in [0.1, 0.15) is 40.2 Å². The van der Waals surface area contributed by atoms with Crippen LogP contribution in [-0.4, -0.2) is 55.3 Å². The van der Waals surface area contributed by atoms with Gasteiger partial charge in [0.25, 0.3) is 0 Å². The van der Waals surface area contributed by atoms with Gasteiger partial charge in [0.05, 0.1) is 14.2 Å². The van der Waals surface area contributed by atoms with Gasteiger partial charge in [-0.2, -0.15) is 0 Å². The number of piperazine rings is 1. The number of hydrogen-bond donors (Lipinski definition) is 1. The highest BCUT2D eigenvalue weighted by Crippen LogP contribution is 2.38. The molecule has 0 bridgehead atoms. The van der Waals surface area contributed by atoms with E-state index in [1.807, 2.05) is 6.07 Å². The Balaban J connectivity index is 1.75. The highest BCUT2D eigenvalue weighted by atomic mass is 16.5. The van der Waals surface area contributed by atoms with Gasteiger partial charge in [0.15, 0.2) is 11.5 Å². The number of aryl methyl sites for hydroxylation is 1. The van der Waals surface area contributed by atoms with Crippen molar-refractivity contribution in [3.8, 4) is 22.8 Å². The Morgan fingerprint density at radius 3 is 2.38 bits per heavy atom. The molecule has 1 aliphatic heterocycles. The van der Waals surface area contributed by atoms with Crippen LogP contribution in [0.2, 0.25) is 0 Å². The number of aromatic nitrogens is 1. The molecule has 0 spiro atoms. The minimum Gasteiger partial charge on any atom is -0.493 e. The van der Waals surface area contributed by atoms with Gasteiger partial charge in [0, 0.05) is 59.1 Å². The van der Waals surface area contributed by atoms with Crippen molar-refractivity contribution in [3.63, 3.8) is 0 Å². The van der Waals surface area contributed by atoms with Crippen molar-refractivity contribution in [2.45, 2.75) is 52.6 Å². The van der Waals surface area contributed by atoms with Crippen LogP contribution in [0.3, 0.4) is 0 Å². The first-order valence-electron chi connectivity index (χ1n) is 11.7. The molecule has 1 N–H and O–H groups in total. The Labute approximate surface area is 192 Å². The van der Waals surface area contributed by atoms with Gasteiger partial charge in [-0.15, -0.1) is 0 Å². The highest BCUT2D eigenvalue weighted by Gasteiger charge is 2.34. The summed E-state index contributed by atoms with van der Waals surface area (Å²) in [5.74, 6) is 1.49. The third-order valence-electron chi connectivity index (χ3n) is 6.89. The van der Waals surface area contributed by atoms with Gasteiger partial charge >= 0.3 is 0 Å². The number of benzene rings is 2.